The maximum atomic E-state index is 12.2. The number of fused-ring (bicyclic) bond motifs is 1. The highest BCUT2D eigenvalue weighted by molar-refractivity contribution is 5.97. The van der Waals surface area contributed by atoms with Crippen molar-refractivity contribution in [3.63, 3.8) is 0 Å². The van der Waals surface area contributed by atoms with Gasteiger partial charge in [-0.15, -0.1) is 0 Å². The zero-order valence-electron chi connectivity index (χ0n) is 14.2. The van der Waals surface area contributed by atoms with Crippen molar-refractivity contribution in [2.45, 2.75) is 33.2 Å². The van der Waals surface area contributed by atoms with Crippen LogP contribution in [0.25, 0.3) is 5.76 Å². The van der Waals surface area contributed by atoms with E-state index in [9.17, 15) is 4.79 Å². The van der Waals surface area contributed by atoms with Crippen molar-refractivity contribution in [3.8, 4) is 0 Å². The van der Waals surface area contributed by atoms with Crippen molar-refractivity contribution < 1.29 is 9.53 Å². The van der Waals surface area contributed by atoms with E-state index in [1.165, 1.54) is 0 Å². The molecule has 0 saturated heterocycles. The molecule has 120 valence electrons. The molecule has 2 aliphatic rings. The molecule has 0 amide bonds. The van der Waals surface area contributed by atoms with E-state index in [-0.39, 0.29) is 17.7 Å². The molecule has 0 saturated carbocycles. The molecule has 2 atom stereocenters. The lowest BCUT2D eigenvalue weighted by Gasteiger charge is -2.25. The van der Waals surface area contributed by atoms with Gasteiger partial charge >= 0.3 is 0 Å². The molecule has 1 aromatic rings. The number of hydrogen-bond acceptors (Lipinski definition) is 3. The van der Waals surface area contributed by atoms with Gasteiger partial charge in [0.25, 0.3) is 0 Å². The third kappa shape index (κ3) is 2.83. The Morgan fingerprint density at radius 3 is 2.61 bits per heavy atom. The summed E-state index contributed by atoms with van der Waals surface area (Å²) in [5.41, 5.74) is 2.94. The summed E-state index contributed by atoms with van der Waals surface area (Å²) in [6.45, 7) is 6.08. The highest BCUT2D eigenvalue weighted by Crippen LogP contribution is 2.35. The largest absolute Gasteiger partial charge is 0.459 e. The van der Waals surface area contributed by atoms with E-state index < -0.39 is 0 Å². The number of ketones is 1. The van der Waals surface area contributed by atoms with Crippen molar-refractivity contribution >= 4 is 11.5 Å². The third-order valence-electron chi connectivity index (χ3n) is 4.70. The first-order valence-corrected chi connectivity index (χ1v) is 8.16. The molecular weight excluding hydrogens is 286 g/mol. The Balaban J connectivity index is 1.83. The average molecular weight is 309 g/mol. The van der Waals surface area contributed by atoms with Gasteiger partial charge in [0, 0.05) is 30.3 Å². The van der Waals surface area contributed by atoms with Gasteiger partial charge in [0.15, 0.2) is 5.78 Å². The number of Topliss-reactive ketones (excluding diaryl/α,β-unsaturated/α-hetero) is 1. The summed E-state index contributed by atoms with van der Waals surface area (Å²) in [5, 5.41) is 0. The lowest BCUT2D eigenvalue weighted by atomic mass is 9.96. The van der Waals surface area contributed by atoms with Gasteiger partial charge in [-0.25, -0.2) is 0 Å². The highest BCUT2D eigenvalue weighted by Gasteiger charge is 2.30. The van der Waals surface area contributed by atoms with E-state index in [0.29, 0.717) is 0 Å². The van der Waals surface area contributed by atoms with Gasteiger partial charge in [0.1, 0.15) is 17.6 Å². The smallest absolute Gasteiger partial charge is 0.165 e. The SMILES string of the molecule is CCC(C)C(=O)c1ccc(C2=CC3C(=C(C)C=CN3C)O2)cc1. The van der Waals surface area contributed by atoms with Crippen molar-refractivity contribution in [3.05, 3.63) is 65.1 Å². The molecule has 3 rings (SSSR count). The molecule has 0 N–H and O–H groups in total. The quantitative estimate of drug-likeness (QED) is 0.773. The fourth-order valence-electron chi connectivity index (χ4n) is 2.88. The summed E-state index contributed by atoms with van der Waals surface area (Å²) in [6, 6.07) is 7.92. The summed E-state index contributed by atoms with van der Waals surface area (Å²) in [7, 11) is 2.05. The van der Waals surface area contributed by atoms with Gasteiger partial charge in [-0.3, -0.25) is 4.79 Å². The molecule has 1 aromatic carbocycles. The van der Waals surface area contributed by atoms with Crippen LogP contribution in [0.1, 0.15) is 43.1 Å². The average Bonchev–Trinajstić information content (AvgIpc) is 3.03. The fraction of sp³-hybridized carbons (Fsp3) is 0.350. The molecule has 3 nitrogen and oxygen atoms in total. The second-order valence-corrected chi connectivity index (χ2v) is 6.36. The van der Waals surface area contributed by atoms with Crippen molar-refractivity contribution in [1.29, 1.82) is 0 Å². The first-order chi connectivity index (χ1) is 11.0. The second-order valence-electron chi connectivity index (χ2n) is 6.36. The van der Waals surface area contributed by atoms with Crippen LogP contribution >= 0.6 is 0 Å². The number of nitrogens with zero attached hydrogens (tertiary/aromatic N) is 1. The van der Waals surface area contributed by atoms with Crippen LogP contribution < -0.4 is 0 Å². The maximum absolute atomic E-state index is 12.2. The Morgan fingerprint density at radius 2 is 2.00 bits per heavy atom. The molecule has 0 fully saturated rings. The van der Waals surface area contributed by atoms with E-state index in [1.54, 1.807) is 0 Å². The molecule has 0 spiro atoms. The Hall–Kier alpha value is -2.29. The number of likely N-dealkylation sites (N-methyl/N-ethyl adjacent to an activating group) is 1. The van der Waals surface area contributed by atoms with Crippen LogP contribution in [0.2, 0.25) is 0 Å². The van der Waals surface area contributed by atoms with E-state index >= 15 is 0 Å². The number of rotatable bonds is 4. The topological polar surface area (TPSA) is 29.5 Å². The van der Waals surface area contributed by atoms with Gasteiger partial charge < -0.3 is 9.64 Å². The van der Waals surface area contributed by atoms with Crippen LogP contribution in [-0.4, -0.2) is 23.8 Å². The van der Waals surface area contributed by atoms with Crippen LogP contribution in [0, 0.1) is 5.92 Å². The summed E-state index contributed by atoms with van der Waals surface area (Å²) >= 11 is 0. The zero-order valence-corrected chi connectivity index (χ0v) is 14.2. The minimum absolute atomic E-state index is 0.0678. The molecule has 2 unspecified atom stereocenters. The van der Waals surface area contributed by atoms with Crippen LogP contribution in [-0.2, 0) is 4.74 Å². The Bertz CT molecular complexity index is 710. The highest BCUT2D eigenvalue weighted by atomic mass is 16.5. The van der Waals surface area contributed by atoms with Gasteiger partial charge in [-0.1, -0.05) is 38.1 Å². The summed E-state index contributed by atoms with van der Waals surface area (Å²) < 4.78 is 6.07. The maximum Gasteiger partial charge on any atom is 0.165 e. The van der Waals surface area contributed by atoms with Crippen molar-refractivity contribution in [2.24, 2.45) is 5.92 Å². The number of carbonyl (C=O) groups excluding carboxylic acids is 1. The Labute approximate surface area is 137 Å². The molecule has 0 aliphatic carbocycles. The van der Waals surface area contributed by atoms with Gasteiger partial charge in [0.05, 0.1) is 0 Å². The first kappa shape index (κ1) is 15.6. The number of carbonyl (C=O) groups is 1. The lowest BCUT2D eigenvalue weighted by molar-refractivity contribution is 0.0927. The number of ether oxygens (including phenoxy) is 1. The van der Waals surface area contributed by atoms with E-state index in [4.69, 9.17) is 4.74 Å². The molecule has 0 radical (unpaired) electrons. The third-order valence-corrected chi connectivity index (χ3v) is 4.70. The molecular formula is C20H23NO2. The van der Waals surface area contributed by atoms with Gasteiger partial charge in [-0.05, 0) is 31.1 Å². The standard InChI is InChI=1S/C20H23NO2/c1-5-13(2)19(22)16-8-6-15(7-9-16)18-12-17-20(23-18)14(3)10-11-21(17)4/h6-13,17H,5H2,1-4H3. The molecule has 23 heavy (non-hydrogen) atoms. The minimum Gasteiger partial charge on any atom is -0.459 e. The van der Waals surface area contributed by atoms with E-state index in [1.807, 2.05) is 45.2 Å². The summed E-state index contributed by atoms with van der Waals surface area (Å²) in [5.74, 6) is 2.13. The van der Waals surface area contributed by atoms with Crippen molar-refractivity contribution in [2.75, 3.05) is 7.05 Å². The van der Waals surface area contributed by atoms with Crippen LogP contribution in [0.5, 0.6) is 0 Å². The monoisotopic (exact) mass is 309 g/mol. The fourth-order valence-corrected chi connectivity index (χ4v) is 2.88. The Kier molecular flexibility index (Phi) is 4.12. The number of allylic oxidation sites excluding steroid dienone is 2. The normalized spacial score (nSPS) is 21.0. The molecule has 0 bridgehead atoms. The predicted octanol–water partition coefficient (Wildman–Crippen LogP) is 4.39. The van der Waals surface area contributed by atoms with Crippen LogP contribution in [0.4, 0.5) is 0 Å². The molecule has 2 aliphatic heterocycles. The first-order valence-electron chi connectivity index (χ1n) is 8.16. The van der Waals surface area contributed by atoms with E-state index in [0.717, 1.165) is 34.6 Å². The zero-order chi connectivity index (χ0) is 16.6. The summed E-state index contributed by atoms with van der Waals surface area (Å²) in [4.78, 5) is 14.4. The Morgan fingerprint density at radius 1 is 1.30 bits per heavy atom. The molecule has 3 heteroatoms. The molecule has 0 aromatic heterocycles. The van der Waals surface area contributed by atoms with Gasteiger partial charge in [-0.2, -0.15) is 0 Å². The molecule has 2 heterocycles. The van der Waals surface area contributed by atoms with Crippen molar-refractivity contribution in [1.82, 2.24) is 4.90 Å². The van der Waals surface area contributed by atoms with Crippen LogP contribution in [0.15, 0.2) is 53.9 Å². The second kappa shape index (κ2) is 6.07. The van der Waals surface area contributed by atoms with E-state index in [2.05, 4.69) is 30.2 Å². The summed E-state index contributed by atoms with van der Waals surface area (Å²) in [6.07, 6.45) is 7.13. The minimum atomic E-state index is 0.0678. The number of hydrogen-bond donors (Lipinski definition) is 0. The van der Waals surface area contributed by atoms with Gasteiger partial charge in [0.2, 0.25) is 0 Å². The van der Waals surface area contributed by atoms with Crippen LogP contribution in [0.3, 0.4) is 0 Å². The number of benzene rings is 1. The predicted molar refractivity (Wildman–Crippen MR) is 92.7 cm³/mol. The lowest BCUT2D eigenvalue weighted by Crippen LogP contribution is -2.28.